The van der Waals surface area contributed by atoms with Gasteiger partial charge in [-0.05, 0) is 25.8 Å². The highest BCUT2D eigenvalue weighted by Gasteiger charge is 2.26. The van der Waals surface area contributed by atoms with Crippen LogP contribution in [0.3, 0.4) is 0 Å². The van der Waals surface area contributed by atoms with Gasteiger partial charge in [-0.3, -0.25) is 9.69 Å². The van der Waals surface area contributed by atoms with Gasteiger partial charge >= 0.3 is 0 Å². The molecule has 0 aromatic heterocycles. The van der Waals surface area contributed by atoms with Crippen molar-refractivity contribution in [3.8, 4) is 0 Å². The van der Waals surface area contributed by atoms with Crippen LogP contribution < -0.4 is 10.6 Å². The number of nitrogens with zero attached hydrogens (tertiary/aromatic N) is 1. The third-order valence-corrected chi connectivity index (χ3v) is 3.75. The van der Waals surface area contributed by atoms with Gasteiger partial charge in [-0.1, -0.05) is 6.08 Å². The molecule has 0 radical (unpaired) electrons. The molecule has 6 heteroatoms. The molecule has 0 aliphatic carbocycles. The van der Waals surface area contributed by atoms with Gasteiger partial charge in [0, 0.05) is 32.2 Å². The Morgan fingerprint density at radius 2 is 2.00 bits per heavy atom. The van der Waals surface area contributed by atoms with Crippen LogP contribution in [0, 0.1) is 5.92 Å². The van der Waals surface area contributed by atoms with Gasteiger partial charge < -0.3 is 10.6 Å². The van der Waals surface area contributed by atoms with Crippen molar-refractivity contribution < 1.29 is 4.79 Å². The predicted octanol–water partition coefficient (Wildman–Crippen LogP) is 1.21. The second kappa shape index (κ2) is 9.59. The van der Waals surface area contributed by atoms with Gasteiger partial charge in [0.05, 0.1) is 5.92 Å². The van der Waals surface area contributed by atoms with E-state index in [0.29, 0.717) is 6.04 Å². The maximum atomic E-state index is 11.9. The lowest BCUT2D eigenvalue weighted by Gasteiger charge is -2.32. The van der Waals surface area contributed by atoms with E-state index in [-0.39, 0.29) is 36.6 Å². The van der Waals surface area contributed by atoms with Crippen molar-refractivity contribution >= 4 is 30.7 Å². The molecular weight excluding hydrogens is 285 g/mol. The third-order valence-electron chi connectivity index (χ3n) is 3.75. The fraction of sp³-hybridized carbons (Fsp3) is 0.769. The number of likely N-dealkylation sites (tertiary alicyclic amines) is 1. The van der Waals surface area contributed by atoms with E-state index in [0.717, 1.165) is 52.0 Å². The molecule has 2 rings (SSSR count). The van der Waals surface area contributed by atoms with Crippen LogP contribution in [-0.2, 0) is 4.79 Å². The summed E-state index contributed by atoms with van der Waals surface area (Å²) >= 11 is 0. The summed E-state index contributed by atoms with van der Waals surface area (Å²) in [5.41, 5.74) is 0. The Kier molecular flexibility index (Phi) is 9.44. The van der Waals surface area contributed by atoms with Crippen molar-refractivity contribution in [2.45, 2.75) is 25.3 Å². The topological polar surface area (TPSA) is 44.4 Å². The van der Waals surface area contributed by atoms with E-state index >= 15 is 0 Å². The van der Waals surface area contributed by atoms with Crippen LogP contribution in [0.15, 0.2) is 12.7 Å². The number of halogens is 2. The Morgan fingerprint density at radius 1 is 1.32 bits per heavy atom. The molecule has 0 saturated carbocycles. The first-order valence-corrected chi connectivity index (χ1v) is 6.64. The molecular formula is C13H25Cl2N3O. The Labute approximate surface area is 128 Å². The van der Waals surface area contributed by atoms with Crippen LogP contribution >= 0.6 is 24.8 Å². The Bertz CT molecular complexity index is 275. The highest BCUT2D eigenvalue weighted by molar-refractivity contribution is 5.85. The van der Waals surface area contributed by atoms with Crippen LogP contribution in [0.4, 0.5) is 0 Å². The fourth-order valence-electron chi connectivity index (χ4n) is 2.64. The van der Waals surface area contributed by atoms with Crippen LogP contribution in [0.1, 0.15) is 19.3 Å². The maximum absolute atomic E-state index is 11.9. The number of carbonyl (C=O) groups is 1. The van der Waals surface area contributed by atoms with Gasteiger partial charge in [-0.25, -0.2) is 0 Å². The summed E-state index contributed by atoms with van der Waals surface area (Å²) in [5, 5.41) is 6.43. The van der Waals surface area contributed by atoms with Crippen LogP contribution in [-0.4, -0.2) is 49.6 Å². The van der Waals surface area contributed by atoms with E-state index < -0.39 is 0 Å². The van der Waals surface area contributed by atoms with E-state index in [2.05, 4.69) is 22.1 Å². The molecule has 0 aromatic carbocycles. The number of hydrogen-bond donors (Lipinski definition) is 2. The van der Waals surface area contributed by atoms with Crippen molar-refractivity contribution in [1.29, 1.82) is 0 Å². The monoisotopic (exact) mass is 309 g/mol. The fourth-order valence-corrected chi connectivity index (χ4v) is 2.64. The third kappa shape index (κ3) is 5.69. The van der Waals surface area contributed by atoms with Crippen LogP contribution in [0.25, 0.3) is 0 Å². The molecule has 1 atom stereocenters. The van der Waals surface area contributed by atoms with Gasteiger partial charge in [0.25, 0.3) is 0 Å². The Balaban J connectivity index is 0.00000162. The summed E-state index contributed by atoms with van der Waals surface area (Å²) in [6.07, 6.45) is 5.07. The van der Waals surface area contributed by atoms with Gasteiger partial charge in [0.15, 0.2) is 0 Å². The molecule has 19 heavy (non-hydrogen) atoms. The molecule has 2 N–H and O–H groups in total. The lowest BCUT2D eigenvalue weighted by Crippen LogP contribution is -2.46. The zero-order valence-corrected chi connectivity index (χ0v) is 12.9. The maximum Gasteiger partial charge on any atom is 0.224 e. The van der Waals surface area contributed by atoms with E-state index in [1.54, 1.807) is 0 Å². The van der Waals surface area contributed by atoms with Crippen molar-refractivity contribution in [2.75, 3.05) is 32.7 Å². The van der Waals surface area contributed by atoms with Gasteiger partial charge in [-0.2, -0.15) is 0 Å². The number of carbonyl (C=O) groups excluding carboxylic acids is 1. The van der Waals surface area contributed by atoms with Crippen LogP contribution in [0.5, 0.6) is 0 Å². The first-order valence-electron chi connectivity index (χ1n) is 6.64. The first kappa shape index (κ1) is 18.7. The Hall–Kier alpha value is -0.290. The van der Waals surface area contributed by atoms with E-state index in [4.69, 9.17) is 0 Å². The minimum Gasteiger partial charge on any atom is -0.353 e. The molecule has 2 aliphatic heterocycles. The molecule has 2 aliphatic rings. The van der Waals surface area contributed by atoms with E-state index in [9.17, 15) is 4.79 Å². The minimum atomic E-state index is 0. The first-order chi connectivity index (χ1) is 8.29. The smallest absolute Gasteiger partial charge is 0.224 e. The summed E-state index contributed by atoms with van der Waals surface area (Å²) < 4.78 is 0. The number of piperidine rings is 1. The van der Waals surface area contributed by atoms with Gasteiger partial charge in [0.1, 0.15) is 0 Å². The largest absolute Gasteiger partial charge is 0.353 e. The molecule has 4 nitrogen and oxygen atoms in total. The average molecular weight is 310 g/mol. The van der Waals surface area contributed by atoms with Crippen molar-refractivity contribution in [2.24, 2.45) is 5.92 Å². The van der Waals surface area contributed by atoms with Crippen LogP contribution in [0.2, 0.25) is 0 Å². The molecule has 0 spiro atoms. The zero-order chi connectivity index (χ0) is 12.1. The van der Waals surface area contributed by atoms with Crippen molar-refractivity contribution in [3.05, 3.63) is 12.7 Å². The molecule has 2 saturated heterocycles. The second-order valence-electron chi connectivity index (χ2n) is 5.06. The second-order valence-corrected chi connectivity index (χ2v) is 5.06. The van der Waals surface area contributed by atoms with Crippen molar-refractivity contribution in [3.63, 3.8) is 0 Å². The van der Waals surface area contributed by atoms with E-state index in [1.807, 2.05) is 6.08 Å². The summed E-state index contributed by atoms with van der Waals surface area (Å²) in [6, 6.07) is 0.379. The zero-order valence-electron chi connectivity index (χ0n) is 11.3. The summed E-state index contributed by atoms with van der Waals surface area (Å²) in [5.74, 6) is 0.443. The predicted molar refractivity (Wildman–Crippen MR) is 83.3 cm³/mol. The number of amides is 1. The highest BCUT2D eigenvalue weighted by Crippen LogP contribution is 2.13. The Morgan fingerprint density at radius 3 is 2.53 bits per heavy atom. The summed E-state index contributed by atoms with van der Waals surface area (Å²) in [6.45, 7) is 8.69. The van der Waals surface area contributed by atoms with Gasteiger partial charge in [0.2, 0.25) is 5.91 Å². The molecule has 112 valence electrons. The number of rotatable bonds is 4. The number of hydrogen-bond acceptors (Lipinski definition) is 3. The summed E-state index contributed by atoms with van der Waals surface area (Å²) in [4.78, 5) is 14.3. The molecule has 0 bridgehead atoms. The van der Waals surface area contributed by atoms with E-state index in [1.165, 1.54) is 0 Å². The number of nitrogens with one attached hydrogen (secondary N) is 2. The lowest BCUT2D eigenvalue weighted by molar-refractivity contribution is -0.125. The highest BCUT2D eigenvalue weighted by atomic mass is 35.5. The van der Waals surface area contributed by atoms with Crippen molar-refractivity contribution in [1.82, 2.24) is 15.5 Å². The van der Waals surface area contributed by atoms with Gasteiger partial charge in [-0.15, -0.1) is 31.4 Å². The molecule has 1 amide bonds. The normalized spacial score (nSPS) is 24.1. The standard InChI is InChI=1S/C13H23N3O.2ClH/c1-2-7-16-8-4-12(5-9-16)15-13(17)11-3-6-14-10-11;;/h2,11-12,14H,1,3-10H2,(H,15,17);2*1H. The molecule has 2 heterocycles. The molecule has 0 aromatic rings. The minimum absolute atomic E-state index is 0. The SMILES string of the molecule is C=CCN1CCC(NC(=O)C2CCNC2)CC1.Cl.Cl. The lowest BCUT2D eigenvalue weighted by atomic mass is 10.0. The molecule has 2 fully saturated rings. The average Bonchev–Trinajstić information content (AvgIpc) is 2.86. The molecule has 1 unspecified atom stereocenters. The summed E-state index contributed by atoms with van der Waals surface area (Å²) in [7, 11) is 0. The quantitative estimate of drug-likeness (QED) is 0.767.